The van der Waals surface area contributed by atoms with E-state index in [1.807, 2.05) is 45.9 Å². The number of Topliss-reactive ketones (excluding diaryl/α,β-unsaturated/α-hetero) is 1. The van der Waals surface area contributed by atoms with Crippen LogP contribution in [0.15, 0.2) is 91.1 Å². The average Bonchev–Trinajstić information content (AvgIpc) is 3.40. The lowest BCUT2D eigenvalue weighted by atomic mass is 9.96. The number of nitrogens with zero attached hydrogens (tertiary/aromatic N) is 4. The second-order valence-electron chi connectivity index (χ2n) is 11.0. The summed E-state index contributed by atoms with van der Waals surface area (Å²) in [6.45, 7) is 4.02. The summed E-state index contributed by atoms with van der Waals surface area (Å²) in [7, 11) is 0. The quantitative estimate of drug-likeness (QED) is 0.247. The van der Waals surface area contributed by atoms with E-state index in [9.17, 15) is 14.4 Å². The van der Waals surface area contributed by atoms with E-state index >= 15 is 0 Å². The second kappa shape index (κ2) is 12.1. The minimum absolute atomic E-state index is 0.0540. The number of benzene rings is 3. The van der Waals surface area contributed by atoms with Crippen LogP contribution in [0.4, 0.5) is 0 Å². The van der Waals surface area contributed by atoms with Crippen LogP contribution in [0.25, 0.3) is 10.9 Å². The topological polar surface area (TPSA) is 65.9 Å². The third-order valence-corrected chi connectivity index (χ3v) is 8.44. The van der Waals surface area contributed by atoms with Gasteiger partial charge < -0.3 is 14.4 Å². The van der Waals surface area contributed by atoms with Crippen LogP contribution in [0.3, 0.4) is 0 Å². The van der Waals surface area contributed by atoms with Crippen molar-refractivity contribution in [3.8, 4) is 0 Å². The van der Waals surface area contributed by atoms with Crippen molar-refractivity contribution in [3.05, 3.63) is 108 Å². The van der Waals surface area contributed by atoms with E-state index in [0.717, 1.165) is 37.9 Å². The number of aromatic nitrogens is 1. The Morgan fingerprint density at radius 3 is 1.85 bits per heavy atom. The van der Waals surface area contributed by atoms with E-state index in [0.29, 0.717) is 37.1 Å². The molecule has 1 aromatic heterocycles. The SMILES string of the molecule is O=C(C(=O)N1CCN(C(c2ccccc2)c2ccccc2)CC1)c1cn(CC(=O)N2CCCCC2)c2ccccc12. The molecule has 7 heteroatoms. The van der Waals surface area contributed by atoms with Crippen molar-refractivity contribution < 1.29 is 14.4 Å². The predicted molar refractivity (Wildman–Crippen MR) is 160 cm³/mol. The maximum atomic E-state index is 13.6. The van der Waals surface area contributed by atoms with Crippen molar-refractivity contribution in [2.45, 2.75) is 31.8 Å². The number of hydrogen-bond acceptors (Lipinski definition) is 4. The first-order chi connectivity index (χ1) is 20.1. The van der Waals surface area contributed by atoms with Gasteiger partial charge in [0.05, 0.1) is 11.6 Å². The lowest BCUT2D eigenvalue weighted by Gasteiger charge is -2.39. The number of ketones is 1. The van der Waals surface area contributed by atoms with Crippen LogP contribution in [0, 0.1) is 0 Å². The zero-order valence-electron chi connectivity index (χ0n) is 23.3. The molecule has 2 saturated heterocycles. The molecular weight excluding hydrogens is 512 g/mol. The molecular formula is C34H36N4O3. The number of carbonyl (C=O) groups is 3. The van der Waals surface area contributed by atoms with Gasteiger partial charge in [-0.15, -0.1) is 0 Å². The molecule has 41 heavy (non-hydrogen) atoms. The fourth-order valence-electron chi connectivity index (χ4n) is 6.27. The third kappa shape index (κ3) is 5.68. The number of para-hydroxylation sites is 1. The Balaban J connectivity index is 1.17. The molecule has 0 spiro atoms. The highest BCUT2D eigenvalue weighted by Crippen LogP contribution is 2.30. The highest BCUT2D eigenvalue weighted by Gasteiger charge is 2.32. The summed E-state index contributed by atoms with van der Waals surface area (Å²) in [5.41, 5.74) is 3.58. The average molecular weight is 549 g/mol. The maximum absolute atomic E-state index is 13.6. The number of carbonyl (C=O) groups excluding carboxylic acids is 3. The Kier molecular flexibility index (Phi) is 7.96. The Bertz CT molecular complexity index is 1480. The van der Waals surface area contributed by atoms with Crippen molar-refractivity contribution in [2.75, 3.05) is 39.3 Å². The van der Waals surface area contributed by atoms with Gasteiger partial charge in [-0.3, -0.25) is 19.3 Å². The lowest BCUT2D eigenvalue weighted by Crippen LogP contribution is -2.51. The Morgan fingerprint density at radius 1 is 0.634 bits per heavy atom. The van der Waals surface area contributed by atoms with Gasteiger partial charge in [0.25, 0.3) is 11.7 Å². The molecule has 0 saturated carbocycles. The molecule has 2 aliphatic heterocycles. The summed E-state index contributed by atoms with van der Waals surface area (Å²) >= 11 is 0. The standard InChI is InChI=1S/C34H36N4O3/c39-31(35-18-10-3-11-19-35)25-38-24-29(28-16-8-9-17-30(28)38)33(40)34(41)37-22-20-36(21-23-37)32(26-12-4-1-5-13-26)27-14-6-2-7-15-27/h1-2,4-9,12-17,24,32H,3,10-11,18-23,25H2. The van der Waals surface area contributed by atoms with E-state index < -0.39 is 11.7 Å². The largest absolute Gasteiger partial charge is 0.341 e. The highest BCUT2D eigenvalue weighted by atomic mass is 16.2. The van der Waals surface area contributed by atoms with E-state index in [2.05, 4.69) is 53.4 Å². The molecule has 0 bridgehead atoms. The molecule has 0 N–H and O–H groups in total. The molecule has 0 unspecified atom stereocenters. The second-order valence-corrected chi connectivity index (χ2v) is 11.0. The van der Waals surface area contributed by atoms with Crippen molar-refractivity contribution in [2.24, 2.45) is 0 Å². The van der Waals surface area contributed by atoms with Crippen LogP contribution >= 0.6 is 0 Å². The van der Waals surface area contributed by atoms with E-state index in [4.69, 9.17) is 0 Å². The Hall–Kier alpha value is -4.23. The lowest BCUT2D eigenvalue weighted by molar-refractivity contribution is -0.132. The Morgan fingerprint density at radius 2 is 1.22 bits per heavy atom. The summed E-state index contributed by atoms with van der Waals surface area (Å²) in [5.74, 6) is -0.939. The molecule has 0 aliphatic carbocycles. The van der Waals surface area contributed by atoms with Gasteiger partial charge in [-0.1, -0.05) is 78.9 Å². The Labute approximate surface area is 241 Å². The van der Waals surface area contributed by atoms with Crippen LogP contribution in [0.5, 0.6) is 0 Å². The molecule has 2 fully saturated rings. The monoisotopic (exact) mass is 548 g/mol. The first-order valence-corrected chi connectivity index (χ1v) is 14.6. The number of likely N-dealkylation sites (tertiary alicyclic amines) is 1. The van der Waals surface area contributed by atoms with Gasteiger partial charge in [0, 0.05) is 56.4 Å². The zero-order chi connectivity index (χ0) is 28.2. The van der Waals surface area contributed by atoms with Crippen LogP contribution in [0.2, 0.25) is 0 Å². The van der Waals surface area contributed by atoms with Gasteiger partial charge in [-0.2, -0.15) is 0 Å². The van der Waals surface area contributed by atoms with Gasteiger partial charge in [-0.05, 0) is 36.5 Å². The van der Waals surface area contributed by atoms with Gasteiger partial charge in [-0.25, -0.2) is 0 Å². The van der Waals surface area contributed by atoms with Crippen molar-refractivity contribution in [1.82, 2.24) is 19.3 Å². The van der Waals surface area contributed by atoms with Crippen molar-refractivity contribution >= 4 is 28.5 Å². The predicted octanol–water partition coefficient (Wildman–Crippen LogP) is 4.77. The van der Waals surface area contributed by atoms with E-state index in [1.54, 1.807) is 11.1 Å². The number of amides is 2. The van der Waals surface area contributed by atoms with Crippen molar-refractivity contribution in [3.63, 3.8) is 0 Å². The summed E-state index contributed by atoms with van der Waals surface area (Å²) in [6, 6.07) is 28.5. The smallest absolute Gasteiger partial charge is 0.295 e. The normalized spacial score (nSPS) is 16.3. The van der Waals surface area contributed by atoms with Crippen LogP contribution < -0.4 is 0 Å². The molecule has 0 atom stereocenters. The molecule has 3 aromatic carbocycles. The molecule has 4 aromatic rings. The van der Waals surface area contributed by atoms with Gasteiger partial charge in [0.15, 0.2) is 0 Å². The first kappa shape index (κ1) is 27.0. The summed E-state index contributed by atoms with van der Waals surface area (Å²) in [4.78, 5) is 46.1. The number of fused-ring (bicyclic) bond motifs is 1. The van der Waals surface area contributed by atoms with Gasteiger partial charge >= 0.3 is 0 Å². The van der Waals surface area contributed by atoms with Crippen LogP contribution in [0.1, 0.15) is 46.8 Å². The number of rotatable bonds is 7. The van der Waals surface area contributed by atoms with Crippen LogP contribution in [-0.4, -0.2) is 76.1 Å². The molecule has 2 aliphatic rings. The van der Waals surface area contributed by atoms with E-state index in [-0.39, 0.29) is 18.5 Å². The number of hydrogen-bond donors (Lipinski definition) is 0. The third-order valence-electron chi connectivity index (χ3n) is 8.44. The number of piperidine rings is 1. The first-order valence-electron chi connectivity index (χ1n) is 14.6. The molecule has 0 radical (unpaired) electrons. The van der Waals surface area contributed by atoms with Gasteiger partial charge in [0.1, 0.15) is 6.54 Å². The molecule has 2 amide bonds. The molecule has 3 heterocycles. The summed E-state index contributed by atoms with van der Waals surface area (Å²) < 4.78 is 1.83. The zero-order valence-corrected chi connectivity index (χ0v) is 23.3. The fourth-order valence-corrected chi connectivity index (χ4v) is 6.27. The minimum Gasteiger partial charge on any atom is -0.341 e. The fraction of sp³-hybridized carbons (Fsp3) is 0.324. The van der Waals surface area contributed by atoms with Crippen molar-refractivity contribution in [1.29, 1.82) is 0 Å². The highest BCUT2D eigenvalue weighted by molar-refractivity contribution is 6.44. The molecule has 7 nitrogen and oxygen atoms in total. The molecule has 6 rings (SSSR count). The molecule has 210 valence electrons. The van der Waals surface area contributed by atoms with Gasteiger partial charge in [0.2, 0.25) is 5.91 Å². The minimum atomic E-state index is -0.513. The van der Waals surface area contributed by atoms with Crippen LogP contribution in [-0.2, 0) is 16.1 Å². The summed E-state index contributed by atoms with van der Waals surface area (Å²) in [6.07, 6.45) is 4.91. The summed E-state index contributed by atoms with van der Waals surface area (Å²) in [5, 5.41) is 0.712. The maximum Gasteiger partial charge on any atom is 0.295 e. The van der Waals surface area contributed by atoms with E-state index in [1.165, 1.54) is 11.1 Å². The number of piperazine rings is 1.